The summed E-state index contributed by atoms with van der Waals surface area (Å²) in [6, 6.07) is 0. The highest BCUT2D eigenvalue weighted by molar-refractivity contribution is 9.11. The number of H-pyrrole nitrogens is 1. The number of nitrogens with one attached hydrogen (secondary N) is 1. The Kier molecular flexibility index (Phi) is 5.47. The normalized spacial score (nSPS) is 13.6. The molecule has 1 aromatic rings. The minimum Gasteiger partial charge on any atom is -0.502 e. The predicted octanol–water partition coefficient (Wildman–Crippen LogP) is 3.15. The number of nitro groups is 1. The van der Waals surface area contributed by atoms with E-state index in [-0.39, 0.29) is 14.9 Å². The van der Waals surface area contributed by atoms with Crippen molar-refractivity contribution in [3.63, 3.8) is 0 Å². The number of ether oxygens (including phenoxy) is 1. The molecule has 1 aliphatic heterocycles. The van der Waals surface area contributed by atoms with E-state index in [9.17, 15) is 10.1 Å². The van der Waals surface area contributed by atoms with E-state index in [1.165, 1.54) is 12.8 Å². The molecule has 16 heavy (non-hydrogen) atoms. The number of aromatic nitrogens is 2. The first kappa shape index (κ1) is 13.2. The molecule has 0 spiro atoms. The van der Waals surface area contributed by atoms with Crippen LogP contribution in [-0.2, 0) is 4.74 Å². The summed E-state index contributed by atoms with van der Waals surface area (Å²) < 4.78 is 5.36. The number of nitrogens with zero attached hydrogens (tertiary/aromatic N) is 2. The van der Waals surface area contributed by atoms with Crippen LogP contribution in [0.2, 0.25) is 0 Å². The van der Waals surface area contributed by atoms with Crippen molar-refractivity contribution in [2.45, 2.75) is 12.8 Å². The van der Waals surface area contributed by atoms with E-state index in [1.807, 2.05) is 6.08 Å². The van der Waals surface area contributed by atoms with Crippen LogP contribution in [0.1, 0.15) is 12.8 Å². The maximum Gasteiger partial charge on any atom is 0.335 e. The number of rotatable bonds is 1. The summed E-state index contributed by atoms with van der Waals surface area (Å²) in [5, 5.41) is 16.1. The van der Waals surface area contributed by atoms with E-state index in [4.69, 9.17) is 4.74 Å². The predicted molar refractivity (Wildman–Crippen MR) is 65.0 cm³/mol. The molecule has 0 radical (unpaired) electrons. The molecule has 2 heterocycles. The van der Waals surface area contributed by atoms with Crippen LogP contribution in [0.5, 0.6) is 0 Å². The molecule has 2 rings (SSSR count). The standard InChI is InChI=1S/C5H8O.C3HBr2N3O2/c1-2-4-6-5-3-1;4-2-1(8(9)10)3(5)7-6-2/h2,4H,1,3,5H2;(H,6,7). The van der Waals surface area contributed by atoms with Gasteiger partial charge in [-0.15, -0.1) is 0 Å². The summed E-state index contributed by atoms with van der Waals surface area (Å²) in [5.41, 5.74) is -0.0833. The third kappa shape index (κ3) is 3.93. The van der Waals surface area contributed by atoms with E-state index >= 15 is 0 Å². The fraction of sp³-hybridized carbons (Fsp3) is 0.375. The van der Waals surface area contributed by atoms with Gasteiger partial charge in [-0.2, -0.15) is 5.10 Å². The molecule has 0 saturated heterocycles. The minimum atomic E-state index is -0.530. The van der Waals surface area contributed by atoms with Crippen LogP contribution in [0.15, 0.2) is 21.5 Å². The highest BCUT2D eigenvalue weighted by Gasteiger charge is 2.19. The lowest BCUT2D eigenvalue weighted by molar-refractivity contribution is -0.386. The zero-order valence-electron chi connectivity index (χ0n) is 8.15. The first-order chi connectivity index (χ1) is 7.63. The largest absolute Gasteiger partial charge is 0.502 e. The van der Waals surface area contributed by atoms with Gasteiger partial charge in [0.15, 0.2) is 4.60 Å². The lowest BCUT2D eigenvalue weighted by Crippen LogP contribution is -1.90. The second-order valence-electron chi connectivity index (χ2n) is 2.82. The highest BCUT2D eigenvalue weighted by atomic mass is 79.9. The van der Waals surface area contributed by atoms with Crippen molar-refractivity contribution in [2.75, 3.05) is 6.61 Å². The molecule has 0 aromatic carbocycles. The van der Waals surface area contributed by atoms with Gasteiger partial charge in [0.1, 0.15) is 0 Å². The molecular weight excluding hydrogens is 346 g/mol. The fourth-order valence-electron chi connectivity index (χ4n) is 0.939. The van der Waals surface area contributed by atoms with Crippen LogP contribution < -0.4 is 0 Å². The number of hydrogen-bond donors (Lipinski definition) is 1. The van der Waals surface area contributed by atoms with Crippen LogP contribution in [0, 0.1) is 10.1 Å². The Bertz CT molecular complexity index is 364. The SMILES string of the molecule is C1=COCCC1.O=[N+]([O-])c1c(Br)n[nH]c1Br. The zero-order chi connectivity index (χ0) is 12.0. The third-order valence-corrected chi connectivity index (χ3v) is 2.77. The number of hydrogen-bond acceptors (Lipinski definition) is 4. The topological polar surface area (TPSA) is 81.1 Å². The van der Waals surface area contributed by atoms with Gasteiger partial charge < -0.3 is 4.74 Å². The Morgan fingerprint density at radius 1 is 1.56 bits per heavy atom. The lowest BCUT2D eigenvalue weighted by Gasteiger charge is -2.01. The molecule has 1 aliphatic rings. The summed E-state index contributed by atoms with van der Waals surface area (Å²) >= 11 is 5.83. The quantitative estimate of drug-likeness (QED) is 0.620. The molecule has 0 bridgehead atoms. The van der Waals surface area contributed by atoms with Crippen LogP contribution in [0.25, 0.3) is 0 Å². The average Bonchev–Trinajstić information content (AvgIpc) is 2.62. The molecule has 0 aliphatic carbocycles. The maximum absolute atomic E-state index is 10.2. The lowest BCUT2D eigenvalue weighted by atomic mass is 10.3. The van der Waals surface area contributed by atoms with Gasteiger partial charge in [-0.3, -0.25) is 15.2 Å². The van der Waals surface area contributed by atoms with E-state index in [1.54, 1.807) is 6.26 Å². The molecule has 0 unspecified atom stereocenters. The van der Waals surface area contributed by atoms with Crippen LogP contribution in [0.4, 0.5) is 5.69 Å². The van der Waals surface area contributed by atoms with Gasteiger partial charge in [-0.05, 0) is 50.8 Å². The maximum atomic E-state index is 10.2. The molecule has 88 valence electrons. The van der Waals surface area contributed by atoms with Crippen LogP contribution >= 0.6 is 31.9 Å². The van der Waals surface area contributed by atoms with E-state index < -0.39 is 4.92 Å². The van der Waals surface area contributed by atoms with Crippen LogP contribution in [0.3, 0.4) is 0 Å². The second-order valence-corrected chi connectivity index (χ2v) is 4.36. The molecule has 0 fully saturated rings. The first-order valence-corrected chi connectivity index (χ1v) is 6.02. The van der Waals surface area contributed by atoms with Crippen molar-refractivity contribution in [3.8, 4) is 0 Å². The summed E-state index contributed by atoms with van der Waals surface area (Å²) in [6.45, 7) is 0.913. The third-order valence-electron chi connectivity index (χ3n) is 1.66. The summed E-state index contributed by atoms with van der Waals surface area (Å²) in [5.74, 6) is 0. The Morgan fingerprint density at radius 3 is 2.50 bits per heavy atom. The number of allylic oxidation sites excluding steroid dienone is 1. The summed E-state index contributed by atoms with van der Waals surface area (Å²) in [4.78, 5) is 9.66. The van der Waals surface area contributed by atoms with Gasteiger partial charge in [0.25, 0.3) is 0 Å². The van der Waals surface area contributed by atoms with Gasteiger partial charge in [-0.1, -0.05) is 0 Å². The second kappa shape index (κ2) is 6.64. The molecule has 0 amide bonds. The molecule has 1 N–H and O–H groups in total. The van der Waals surface area contributed by atoms with Crippen molar-refractivity contribution in [2.24, 2.45) is 0 Å². The van der Waals surface area contributed by atoms with Crippen molar-refractivity contribution in [3.05, 3.63) is 31.7 Å². The van der Waals surface area contributed by atoms with Gasteiger partial charge in [0.2, 0.25) is 4.60 Å². The fourth-order valence-corrected chi connectivity index (χ4v) is 2.06. The molecule has 1 aromatic heterocycles. The smallest absolute Gasteiger partial charge is 0.335 e. The zero-order valence-corrected chi connectivity index (χ0v) is 11.3. The molecule has 0 saturated carbocycles. The first-order valence-electron chi connectivity index (χ1n) is 4.43. The van der Waals surface area contributed by atoms with Crippen molar-refractivity contribution in [1.29, 1.82) is 0 Å². The van der Waals surface area contributed by atoms with Gasteiger partial charge in [-0.25, -0.2) is 0 Å². The summed E-state index contributed by atoms with van der Waals surface area (Å²) in [7, 11) is 0. The average molecular weight is 355 g/mol. The van der Waals surface area contributed by atoms with Gasteiger partial charge in [0.05, 0.1) is 17.8 Å². The Balaban J connectivity index is 0.000000181. The highest BCUT2D eigenvalue weighted by Crippen LogP contribution is 2.29. The van der Waals surface area contributed by atoms with Gasteiger partial charge >= 0.3 is 5.69 Å². The molecule has 8 heteroatoms. The Hall–Kier alpha value is -0.890. The molecule has 6 nitrogen and oxygen atoms in total. The monoisotopic (exact) mass is 353 g/mol. The molecule has 0 atom stereocenters. The van der Waals surface area contributed by atoms with Crippen molar-refractivity contribution in [1.82, 2.24) is 10.2 Å². The Morgan fingerprint density at radius 2 is 2.31 bits per heavy atom. The molecular formula is C8H9Br2N3O3. The van der Waals surface area contributed by atoms with E-state index in [0.717, 1.165) is 6.61 Å². The Labute approximate surface area is 108 Å². The van der Waals surface area contributed by atoms with Crippen molar-refractivity contribution < 1.29 is 9.66 Å². The number of aromatic amines is 1. The van der Waals surface area contributed by atoms with Gasteiger partial charge in [0, 0.05) is 0 Å². The number of halogens is 2. The summed E-state index contributed by atoms with van der Waals surface area (Å²) in [6.07, 6.45) is 6.20. The van der Waals surface area contributed by atoms with E-state index in [2.05, 4.69) is 42.1 Å². The van der Waals surface area contributed by atoms with Crippen LogP contribution in [-0.4, -0.2) is 21.7 Å². The van der Waals surface area contributed by atoms with Crippen molar-refractivity contribution >= 4 is 37.5 Å². The van der Waals surface area contributed by atoms with E-state index in [0.29, 0.717) is 0 Å². The minimum absolute atomic E-state index is 0.0833.